The molecule has 0 saturated carbocycles. The van der Waals surface area contributed by atoms with Gasteiger partial charge in [0, 0.05) is 0 Å². The fourth-order valence-corrected chi connectivity index (χ4v) is 3.16. The molecule has 1 heterocycles. The molecule has 0 atom stereocenters. The number of anilines is 1. The highest BCUT2D eigenvalue weighted by Gasteiger charge is 2.19. The summed E-state index contributed by atoms with van der Waals surface area (Å²) in [6.07, 6.45) is 0. The molecule has 1 N–H and O–H groups in total. The van der Waals surface area contributed by atoms with Crippen molar-refractivity contribution in [3.05, 3.63) is 70.9 Å². The number of rotatable bonds is 3. The zero-order chi connectivity index (χ0) is 16.2. The molecule has 112 valence electrons. The first-order chi connectivity index (χ1) is 11.2. The largest absolute Gasteiger partial charge is 0.319 e. The number of thiazole rings is 1. The van der Waals surface area contributed by atoms with Gasteiger partial charge in [-0.1, -0.05) is 42.5 Å². The number of aryl methyl sites for hydroxylation is 1. The van der Waals surface area contributed by atoms with Crippen molar-refractivity contribution >= 4 is 22.9 Å². The van der Waals surface area contributed by atoms with Gasteiger partial charge in [0.2, 0.25) is 0 Å². The number of benzene rings is 2. The van der Waals surface area contributed by atoms with E-state index in [0.29, 0.717) is 16.9 Å². The van der Waals surface area contributed by atoms with Crippen molar-refractivity contribution in [1.29, 1.82) is 5.26 Å². The molecule has 0 aliphatic heterocycles. The highest BCUT2D eigenvalue weighted by Crippen LogP contribution is 2.30. The van der Waals surface area contributed by atoms with Crippen LogP contribution < -0.4 is 5.32 Å². The number of amides is 1. The topological polar surface area (TPSA) is 65.8 Å². The minimum Gasteiger partial charge on any atom is -0.319 e. The minimum atomic E-state index is -0.309. The highest BCUT2D eigenvalue weighted by atomic mass is 32.1. The van der Waals surface area contributed by atoms with E-state index in [-0.39, 0.29) is 5.91 Å². The van der Waals surface area contributed by atoms with Crippen LogP contribution in [-0.2, 0) is 0 Å². The van der Waals surface area contributed by atoms with Crippen molar-refractivity contribution in [3.8, 4) is 16.5 Å². The van der Waals surface area contributed by atoms with E-state index in [2.05, 4.69) is 16.4 Å². The standard InChI is InChI=1S/C18H13N3OS/c1-12-20-16(17(23-12)13-7-3-2-4-8-13)18(22)21-15-10-6-5-9-14(15)11-19/h2-10H,1H3,(H,21,22). The van der Waals surface area contributed by atoms with Gasteiger partial charge in [0.15, 0.2) is 0 Å². The van der Waals surface area contributed by atoms with Gasteiger partial charge < -0.3 is 5.32 Å². The second kappa shape index (κ2) is 6.42. The van der Waals surface area contributed by atoms with Gasteiger partial charge in [-0.2, -0.15) is 5.26 Å². The van der Waals surface area contributed by atoms with Gasteiger partial charge in [-0.15, -0.1) is 11.3 Å². The summed E-state index contributed by atoms with van der Waals surface area (Å²) in [5, 5.41) is 12.7. The summed E-state index contributed by atoms with van der Waals surface area (Å²) in [6, 6.07) is 18.7. The Hall–Kier alpha value is -2.97. The Balaban J connectivity index is 1.96. The van der Waals surface area contributed by atoms with Gasteiger partial charge in [-0.3, -0.25) is 4.79 Å². The Morgan fingerprint density at radius 1 is 1.13 bits per heavy atom. The maximum Gasteiger partial charge on any atom is 0.275 e. The molecule has 0 spiro atoms. The number of para-hydroxylation sites is 1. The van der Waals surface area contributed by atoms with Gasteiger partial charge in [-0.05, 0) is 24.6 Å². The van der Waals surface area contributed by atoms with Crippen LogP contribution in [0.1, 0.15) is 21.1 Å². The number of nitrogens with zero attached hydrogens (tertiary/aromatic N) is 2. The lowest BCUT2D eigenvalue weighted by Gasteiger charge is -2.06. The van der Waals surface area contributed by atoms with E-state index in [1.54, 1.807) is 24.3 Å². The lowest BCUT2D eigenvalue weighted by Crippen LogP contribution is -2.14. The number of nitrogens with one attached hydrogen (secondary N) is 1. The molecule has 0 saturated heterocycles. The van der Waals surface area contributed by atoms with Crippen LogP contribution in [0.4, 0.5) is 5.69 Å². The summed E-state index contributed by atoms with van der Waals surface area (Å²) in [5.74, 6) is -0.309. The van der Waals surface area contributed by atoms with Gasteiger partial charge in [-0.25, -0.2) is 4.98 Å². The van der Waals surface area contributed by atoms with E-state index in [1.807, 2.05) is 37.3 Å². The Bertz CT molecular complexity index is 894. The Labute approximate surface area is 138 Å². The maximum absolute atomic E-state index is 12.6. The Morgan fingerprint density at radius 2 is 1.83 bits per heavy atom. The minimum absolute atomic E-state index is 0.309. The number of carbonyl (C=O) groups is 1. The van der Waals surface area contributed by atoms with E-state index < -0.39 is 0 Å². The van der Waals surface area contributed by atoms with E-state index in [4.69, 9.17) is 5.26 Å². The van der Waals surface area contributed by atoms with Crippen LogP contribution in [0.5, 0.6) is 0 Å². The third-order valence-corrected chi connectivity index (χ3v) is 4.30. The lowest BCUT2D eigenvalue weighted by atomic mass is 10.1. The van der Waals surface area contributed by atoms with Crippen LogP contribution in [0.25, 0.3) is 10.4 Å². The SMILES string of the molecule is Cc1nc(C(=O)Nc2ccccc2C#N)c(-c2ccccc2)s1. The van der Waals surface area contributed by atoms with Gasteiger partial charge >= 0.3 is 0 Å². The average Bonchev–Trinajstić information content (AvgIpc) is 2.98. The smallest absolute Gasteiger partial charge is 0.275 e. The number of hydrogen-bond acceptors (Lipinski definition) is 4. The summed E-state index contributed by atoms with van der Waals surface area (Å²) < 4.78 is 0. The van der Waals surface area contributed by atoms with Crippen LogP contribution in [0.3, 0.4) is 0 Å². The molecule has 0 bridgehead atoms. The molecular formula is C18H13N3OS. The first-order valence-corrected chi connectivity index (χ1v) is 7.84. The van der Waals surface area contributed by atoms with E-state index in [9.17, 15) is 4.79 Å². The van der Waals surface area contributed by atoms with Gasteiger partial charge in [0.1, 0.15) is 11.8 Å². The molecule has 0 unspecified atom stereocenters. The van der Waals surface area contributed by atoms with Crippen LogP contribution >= 0.6 is 11.3 Å². The molecule has 1 aromatic heterocycles. The molecule has 5 heteroatoms. The molecule has 1 amide bonds. The molecular weight excluding hydrogens is 306 g/mol. The number of nitriles is 1. The Kier molecular flexibility index (Phi) is 4.18. The van der Waals surface area contributed by atoms with Crippen LogP contribution in [0.2, 0.25) is 0 Å². The van der Waals surface area contributed by atoms with E-state index in [0.717, 1.165) is 15.4 Å². The summed E-state index contributed by atoms with van der Waals surface area (Å²) in [6.45, 7) is 1.87. The molecule has 4 nitrogen and oxygen atoms in total. The molecule has 23 heavy (non-hydrogen) atoms. The summed E-state index contributed by atoms with van der Waals surface area (Å²) >= 11 is 1.48. The van der Waals surface area contributed by atoms with Crippen LogP contribution in [0.15, 0.2) is 54.6 Å². The molecule has 0 aliphatic rings. The Morgan fingerprint density at radius 3 is 2.57 bits per heavy atom. The highest BCUT2D eigenvalue weighted by molar-refractivity contribution is 7.15. The maximum atomic E-state index is 12.6. The monoisotopic (exact) mass is 319 g/mol. The zero-order valence-electron chi connectivity index (χ0n) is 12.4. The molecule has 2 aromatic carbocycles. The second-order valence-electron chi connectivity index (χ2n) is 4.89. The predicted molar refractivity (Wildman–Crippen MR) is 91.4 cm³/mol. The first kappa shape index (κ1) is 14.9. The second-order valence-corrected chi connectivity index (χ2v) is 6.09. The van der Waals surface area contributed by atoms with Gasteiger partial charge in [0.25, 0.3) is 5.91 Å². The fourth-order valence-electron chi connectivity index (χ4n) is 2.24. The fraction of sp³-hybridized carbons (Fsp3) is 0.0556. The third kappa shape index (κ3) is 3.12. The number of hydrogen-bond donors (Lipinski definition) is 1. The quantitative estimate of drug-likeness (QED) is 0.785. The predicted octanol–water partition coefficient (Wildman–Crippen LogP) is 4.24. The normalized spacial score (nSPS) is 10.1. The van der Waals surface area contributed by atoms with E-state index >= 15 is 0 Å². The van der Waals surface area contributed by atoms with Crippen molar-refractivity contribution in [1.82, 2.24) is 4.98 Å². The molecule has 0 fully saturated rings. The van der Waals surface area contributed by atoms with Crippen LogP contribution in [-0.4, -0.2) is 10.9 Å². The summed E-state index contributed by atoms with van der Waals surface area (Å²) in [5.41, 5.74) is 2.25. The molecule has 0 radical (unpaired) electrons. The van der Waals surface area contributed by atoms with Crippen molar-refractivity contribution in [2.45, 2.75) is 6.92 Å². The van der Waals surface area contributed by atoms with E-state index in [1.165, 1.54) is 11.3 Å². The van der Waals surface area contributed by atoms with Crippen LogP contribution in [0, 0.1) is 18.3 Å². The number of carbonyl (C=O) groups excluding carboxylic acids is 1. The van der Waals surface area contributed by atoms with Gasteiger partial charge in [0.05, 0.1) is 21.1 Å². The summed E-state index contributed by atoms with van der Waals surface area (Å²) in [4.78, 5) is 17.8. The van der Waals surface area contributed by atoms with Crippen molar-refractivity contribution < 1.29 is 4.79 Å². The van der Waals surface area contributed by atoms with Crippen molar-refractivity contribution in [2.24, 2.45) is 0 Å². The molecule has 3 rings (SSSR count). The van der Waals surface area contributed by atoms with Crippen molar-refractivity contribution in [2.75, 3.05) is 5.32 Å². The lowest BCUT2D eigenvalue weighted by molar-refractivity contribution is 0.102. The summed E-state index contributed by atoms with van der Waals surface area (Å²) in [7, 11) is 0. The third-order valence-electron chi connectivity index (χ3n) is 3.28. The zero-order valence-corrected chi connectivity index (χ0v) is 13.2. The molecule has 3 aromatic rings. The molecule has 0 aliphatic carbocycles. The average molecular weight is 319 g/mol. The van der Waals surface area contributed by atoms with Crippen molar-refractivity contribution in [3.63, 3.8) is 0 Å². The first-order valence-electron chi connectivity index (χ1n) is 7.02. The number of aromatic nitrogens is 1.